The summed E-state index contributed by atoms with van der Waals surface area (Å²) in [5.41, 5.74) is 0. The predicted octanol–water partition coefficient (Wildman–Crippen LogP) is 3.20. The zero-order chi connectivity index (χ0) is 7.94. The normalized spacial score (nSPS) is 21.5. The third-order valence-electron chi connectivity index (χ3n) is 2.34. The number of hydrogen-bond acceptors (Lipinski definition) is 1. The zero-order valence-corrected chi connectivity index (χ0v) is 8.44. The maximum Gasteiger partial charge on any atom is 0.0477 e. The Labute approximate surface area is 71.8 Å². The van der Waals surface area contributed by atoms with Crippen molar-refractivity contribution in [2.75, 3.05) is 12.8 Å². The van der Waals surface area contributed by atoms with Crippen molar-refractivity contribution in [1.29, 1.82) is 0 Å². The van der Waals surface area contributed by atoms with Gasteiger partial charge in [-0.25, -0.2) is 0 Å². The Morgan fingerprint density at radius 3 is 2.64 bits per heavy atom. The molecule has 0 aliphatic heterocycles. The van der Waals surface area contributed by atoms with E-state index in [0.29, 0.717) is 0 Å². The molecule has 66 valence electrons. The van der Waals surface area contributed by atoms with Gasteiger partial charge in [0.05, 0.1) is 0 Å². The van der Waals surface area contributed by atoms with Gasteiger partial charge >= 0.3 is 0 Å². The lowest BCUT2D eigenvalue weighted by molar-refractivity contribution is 0.361. The lowest BCUT2D eigenvalue weighted by Crippen LogP contribution is -2.07. The van der Waals surface area contributed by atoms with E-state index in [0.717, 1.165) is 21.3 Å². The van der Waals surface area contributed by atoms with E-state index in [4.69, 9.17) is 4.52 Å². The van der Waals surface area contributed by atoms with Gasteiger partial charge in [0.15, 0.2) is 0 Å². The standard InChI is InChI=1S/C9H19OP/c1-2-10-11-8-9-6-4-3-5-7-9/h9,11H,2-8H2,1H3. The first-order chi connectivity index (χ1) is 5.43. The first-order valence-electron chi connectivity index (χ1n) is 4.78. The number of hydrogen-bond donors (Lipinski definition) is 0. The lowest BCUT2D eigenvalue weighted by atomic mass is 9.91. The van der Waals surface area contributed by atoms with Crippen molar-refractivity contribution in [3.8, 4) is 0 Å². The predicted molar refractivity (Wildman–Crippen MR) is 51.4 cm³/mol. The van der Waals surface area contributed by atoms with Crippen LogP contribution in [0.1, 0.15) is 39.0 Å². The Kier molecular flexibility index (Phi) is 5.14. The van der Waals surface area contributed by atoms with Gasteiger partial charge in [0.2, 0.25) is 0 Å². The van der Waals surface area contributed by atoms with Gasteiger partial charge in [0, 0.05) is 15.4 Å². The largest absolute Gasteiger partial charge is 0.363 e. The molecule has 1 aliphatic carbocycles. The molecular weight excluding hydrogens is 155 g/mol. The minimum atomic E-state index is 0.763. The fraction of sp³-hybridized carbons (Fsp3) is 1.00. The molecule has 1 fully saturated rings. The highest BCUT2D eigenvalue weighted by Gasteiger charge is 2.12. The Morgan fingerprint density at radius 1 is 1.27 bits per heavy atom. The van der Waals surface area contributed by atoms with E-state index in [1.165, 1.54) is 38.3 Å². The summed E-state index contributed by atoms with van der Waals surface area (Å²) in [5.74, 6) is 0.994. The first kappa shape index (κ1) is 9.48. The molecule has 0 heterocycles. The molecule has 0 saturated heterocycles. The van der Waals surface area contributed by atoms with Crippen LogP contribution in [-0.4, -0.2) is 12.8 Å². The van der Waals surface area contributed by atoms with E-state index in [1.54, 1.807) is 0 Å². The van der Waals surface area contributed by atoms with Crippen LogP contribution in [0.3, 0.4) is 0 Å². The topological polar surface area (TPSA) is 9.23 Å². The van der Waals surface area contributed by atoms with Crippen molar-refractivity contribution in [3.05, 3.63) is 0 Å². The van der Waals surface area contributed by atoms with Crippen molar-refractivity contribution >= 4 is 8.81 Å². The van der Waals surface area contributed by atoms with Gasteiger partial charge in [0.25, 0.3) is 0 Å². The molecule has 0 spiro atoms. The van der Waals surface area contributed by atoms with Gasteiger partial charge in [-0.1, -0.05) is 32.1 Å². The van der Waals surface area contributed by atoms with Gasteiger partial charge in [-0.3, -0.25) is 0 Å². The molecule has 1 atom stereocenters. The van der Waals surface area contributed by atoms with Gasteiger partial charge in [-0.15, -0.1) is 0 Å². The lowest BCUT2D eigenvalue weighted by Gasteiger charge is -2.20. The molecular formula is C9H19OP. The van der Waals surface area contributed by atoms with Crippen LogP contribution in [0.2, 0.25) is 0 Å². The third-order valence-corrected chi connectivity index (χ3v) is 3.58. The van der Waals surface area contributed by atoms with E-state index in [2.05, 4.69) is 6.92 Å². The van der Waals surface area contributed by atoms with Crippen molar-refractivity contribution < 1.29 is 4.52 Å². The minimum absolute atomic E-state index is 0.763. The van der Waals surface area contributed by atoms with Crippen LogP contribution in [0.15, 0.2) is 0 Å². The van der Waals surface area contributed by atoms with Crippen LogP contribution in [-0.2, 0) is 4.52 Å². The maximum atomic E-state index is 5.36. The van der Waals surface area contributed by atoms with Gasteiger partial charge < -0.3 is 4.52 Å². The molecule has 0 N–H and O–H groups in total. The molecule has 0 aromatic heterocycles. The summed E-state index contributed by atoms with van der Waals surface area (Å²) in [6, 6.07) is 0. The van der Waals surface area contributed by atoms with Crippen molar-refractivity contribution in [2.24, 2.45) is 5.92 Å². The molecule has 2 heteroatoms. The fourth-order valence-corrected chi connectivity index (χ4v) is 2.64. The third kappa shape index (κ3) is 4.08. The van der Waals surface area contributed by atoms with Crippen LogP contribution < -0.4 is 0 Å². The van der Waals surface area contributed by atoms with Crippen molar-refractivity contribution in [3.63, 3.8) is 0 Å². The Hall–Kier alpha value is 0.390. The Morgan fingerprint density at radius 2 is 2.00 bits per heavy atom. The van der Waals surface area contributed by atoms with Crippen molar-refractivity contribution in [1.82, 2.24) is 0 Å². The van der Waals surface area contributed by atoms with Crippen LogP contribution in [0, 0.1) is 5.92 Å². The summed E-state index contributed by atoms with van der Waals surface area (Å²) in [5, 5.41) is 0. The molecule has 1 unspecified atom stereocenters. The average molecular weight is 174 g/mol. The maximum absolute atomic E-state index is 5.36. The second-order valence-electron chi connectivity index (χ2n) is 3.29. The monoisotopic (exact) mass is 174 g/mol. The van der Waals surface area contributed by atoms with Crippen LogP contribution >= 0.6 is 8.81 Å². The molecule has 1 nitrogen and oxygen atoms in total. The van der Waals surface area contributed by atoms with Gasteiger partial charge in [0.1, 0.15) is 0 Å². The minimum Gasteiger partial charge on any atom is -0.363 e. The summed E-state index contributed by atoms with van der Waals surface area (Å²) >= 11 is 0. The molecule has 0 radical (unpaired) electrons. The molecule has 1 aliphatic rings. The van der Waals surface area contributed by atoms with E-state index < -0.39 is 0 Å². The molecule has 0 bridgehead atoms. The second-order valence-corrected chi connectivity index (χ2v) is 4.27. The fourth-order valence-electron chi connectivity index (χ4n) is 1.67. The first-order valence-corrected chi connectivity index (χ1v) is 5.89. The molecule has 0 aromatic rings. The summed E-state index contributed by atoms with van der Waals surface area (Å²) in [6.45, 7) is 2.97. The van der Waals surface area contributed by atoms with E-state index in [9.17, 15) is 0 Å². The highest BCUT2D eigenvalue weighted by atomic mass is 31.1. The summed E-state index contributed by atoms with van der Waals surface area (Å²) in [6.07, 6.45) is 8.63. The molecule has 11 heavy (non-hydrogen) atoms. The summed E-state index contributed by atoms with van der Waals surface area (Å²) in [7, 11) is 0.763. The molecule has 1 saturated carbocycles. The van der Waals surface area contributed by atoms with Gasteiger partial charge in [-0.2, -0.15) is 0 Å². The smallest absolute Gasteiger partial charge is 0.0477 e. The molecule has 0 amide bonds. The highest BCUT2D eigenvalue weighted by Crippen LogP contribution is 2.29. The second kappa shape index (κ2) is 5.97. The SMILES string of the molecule is CCOPCC1CCCCC1. The van der Waals surface area contributed by atoms with Crippen LogP contribution in [0.25, 0.3) is 0 Å². The molecule has 0 aromatic carbocycles. The Balaban J connectivity index is 1.96. The number of rotatable bonds is 4. The van der Waals surface area contributed by atoms with E-state index in [1.807, 2.05) is 0 Å². The zero-order valence-electron chi connectivity index (χ0n) is 7.44. The summed E-state index contributed by atoms with van der Waals surface area (Å²) < 4.78 is 5.36. The van der Waals surface area contributed by atoms with Gasteiger partial charge in [-0.05, 0) is 19.0 Å². The van der Waals surface area contributed by atoms with E-state index in [-0.39, 0.29) is 0 Å². The summed E-state index contributed by atoms with van der Waals surface area (Å²) in [4.78, 5) is 0. The van der Waals surface area contributed by atoms with Crippen molar-refractivity contribution in [2.45, 2.75) is 39.0 Å². The molecule has 1 rings (SSSR count). The van der Waals surface area contributed by atoms with Crippen LogP contribution in [0.5, 0.6) is 0 Å². The quantitative estimate of drug-likeness (QED) is 0.469. The van der Waals surface area contributed by atoms with Crippen LogP contribution in [0.4, 0.5) is 0 Å². The Bertz CT molecular complexity index is 89.6. The average Bonchev–Trinajstić information content (AvgIpc) is 2.07. The highest BCUT2D eigenvalue weighted by molar-refractivity contribution is 7.32. The van der Waals surface area contributed by atoms with E-state index >= 15 is 0 Å².